The highest BCUT2D eigenvalue weighted by Crippen LogP contribution is 2.23. The molecule has 0 aliphatic carbocycles. The van der Waals surface area contributed by atoms with E-state index in [1.54, 1.807) is 6.92 Å². The van der Waals surface area contributed by atoms with Crippen LogP contribution in [-0.2, 0) is 20.8 Å². The average Bonchev–Trinajstić information content (AvgIpc) is 2.91. The summed E-state index contributed by atoms with van der Waals surface area (Å²) in [5.41, 5.74) is 1.07. The third-order valence-corrected chi connectivity index (χ3v) is 3.40. The highest BCUT2D eigenvalue weighted by molar-refractivity contribution is 5.81. The summed E-state index contributed by atoms with van der Waals surface area (Å²) < 4.78 is 9.83. The minimum Gasteiger partial charge on any atom is -0.467 e. The second-order valence-corrected chi connectivity index (χ2v) is 4.74. The molecule has 21 heavy (non-hydrogen) atoms. The number of rotatable bonds is 4. The Balaban J connectivity index is 2.15. The molecule has 114 valence electrons. The van der Waals surface area contributed by atoms with E-state index < -0.39 is 18.1 Å². The molecule has 0 radical (unpaired) electrons. The van der Waals surface area contributed by atoms with Crippen LogP contribution in [0.5, 0.6) is 0 Å². The minimum atomic E-state index is -0.613. The molecule has 1 saturated heterocycles. The van der Waals surface area contributed by atoms with Gasteiger partial charge in [-0.2, -0.15) is 0 Å². The number of nitrogens with zero attached hydrogens (tertiary/aromatic N) is 2. The van der Waals surface area contributed by atoms with E-state index in [4.69, 9.17) is 9.47 Å². The van der Waals surface area contributed by atoms with Crippen molar-refractivity contribution in [1.82, 2.24) is 10.0 Å². The fourth-order valence-corrected chi connectivity index (χ4v) is 2.43. The van der Waals surface area contributed by atoms with Crippen molar-refractivity contribution < 1.29 is 19.1 Å². The Kier molecular flexibility index (Phi) is 5.16. The molecule has 0 saturated carbocycles. The normalized spacial score (nSPS) is 18.6. The Morgan fingerprint density at radius 2 is 2.00 bits per heavy atom. The van der Waals surface area contributed by atoms with Crippen LogP contribution in [0.1, 0.15) is 18.9 Å². The van der Waals surface area contributed by atoms with Crippen LogP contribution in [0.2, 0.25) is 0 Å². The molecule has 1 amide bonds. The molecule has 1 aliphatic rings. The molecule has 1 aromatic rings. The molecule has 2 rings (SSSR count). The van der Waals surface area contributed by atoms with E-state index in [0.717, 1.165) is 5.56 Å². The van der Waals surface area contributed by atoms with Crippen LogP contribution in [-0.4, -0.2) is 48.4 Å². The van der Waals surface area contributed by atoms with Crippen LogP contribution in [0.25, 0.3) is 0 Å². The molecule has 0 N–H and O–H groups in total. The predicted molar refractivity (Wildman–Crippen MR) is 76.1 cm³/mol. The number of methoxy groups -OCH3 is 1. The third kappa shape index (κ3) is 3.52. The van der Waals surface area contributed by atoms with E-state index in [0.29, 0.717) is 19.5 Å². The number of hydrogen-bond acceptors (Lipinski definition) is 5. The quantitative estimate of drug-likeness (QED) is 0.792. The minimum absolute atomic E-state index is 0.266. The van der Waals surface area contributed by atoms with Crippen LogP contribution < -0.4 is 0 Å². The van der Waals surface area contributed by atoms with Gasteiger partial charge in [0.2, 0.25) is 0 Å². The molecule has 0 spiro atoms. The van der Waals surface area contributed by atoms with Crippen molar-refractivity contribution >= 4 is 12.1 Å². The lowest BCUT2D eigenvalue weighted by Gasteiger charge is -2.30. The molecule has 1 aliphatic heterocycles. The highest BCUT2D eigenvalue weighted by atomic mass is 16.6. The van der Waals surface area contributed by atoms with Crippen molar-refractivity contribution in [1.29, 1.82) is 0 Å². The van der Waals surface area contributed by atoms with Crippen molar-refractivity contribution in [2.24, 2.45) is 0 Å². The molecule has 0 aromatic heterocycles. The van der Waals surface area contributed by atoms with Gasteiger partial charge in [0.1, 0.15) is 0 Å². The molecule has 1 aromatic carbocycles. The van der Waals surface area contributed by atoms with E-state index in [1.165, 1.54) is 12.1 Å². The van der Waals surface area contributed by atoms with Crippen LogP contribution in [0.15, 0.2) is 30.3 Å². The van der Waals surface area contributed by atoms with E-state index in [1.807, 2.05) is 35.3 Å². The van der Waals surface area contributed by atoms with Gasteiger partial charge in [-0.1, -0.05) is 30.3 Å². The molecule has 1 atom stereocenters. The van der Waals surface area contributed by atoms with Crippen molar-refractivity contribution in [3.8, 4) is 0 Å². The maximum Gasteiger partial charge on any atom is 0.425 e. The zero-order valence-corrected chi connectivity index (χ0v) is 12.3. The summed E-state index contributed by atoms with van der Waals surface area (Å²) in [7, 11) is 1.32. The van der Waals surface area contributed by atoms with Crippen LogP contribution in [0.4, 0.5) is 4.79 Å². The van der Waals surface area contributed by atoms with Gasteiger partial charge in [0.05, 0.1) is 13.7 Å². The number of ether oxygens (including phenoxy) is 2. The van der Waals surface area contributed by atoms with E-state index in [-0.39, 0.29) is 6.61 Å². The van der Waals surface area contributed by atoms with Crippen molar-refractivity contribution in [3.63, 3.8) is 0 Å². The lowest BCUT2D eigenvalue weighted by molar-refractivity contribution is -0.149. The molecule has 6 heteroatoms. The second-order valence-electron chi connectivity index (χ2n) is 4.74. The van der Waals surface area contributed by atoms with Crippen LogP contribution >= 0.6 is 0 Å². The zero-order chi connectivity index (χ0) is 15.2. The van der Waals surface area contributed by atoms with Gasteiger partial charge in [0, 0.05) is 13.1 Å². The van der Waals surface area contributed by atoms with Crippen LogP contribution in [0, 0.1) is 0 Å². The number of esters is 1. The summed E-state index contributed by atoms with van der Waals surface area (Å²) in [5, 5.41) is 3.21. The summed E-state index contributed by atoms with van der Waals surface area (Å²) in [6.45, 7) is 3.16. The first-order valence-corrected chi connectivity index (χ1v) is 7.00. The first kappa shape index (κ1) is 15.3. The highest BCUT2D eigenvalue weighted by Gasteiger charge is 2.41. The Hall–Kier alpha value is -2.08. The van der Waals surface area contributed by atoms with Gasteiger partial charge in [-0.05, 0) is 18.9 Å². The third-order valence-electron chi connectivity index (χ3n) is 3.40. The van der Waals surface area contributed by atoms with E-state index in [9.17, 15) is 9.59 Å². The van der Waals surface area contributed by atoms with Gasteiger partial charge in [-0.25, -0.2) is 19.6 Å². The number of hydrazine groups is 1. The number of hydrogen-bond donors (Lipinski definition) is 0. The van der Waals surface area contributed by atoms with Gasteiger partial charge < -0.3 is 9.47 Å². The van der Waals surface area contributed by atoms with Crippen molar-refractivity contribution in [2.45, 2.75) is 25.9 Å². The number of carbonyl (C=O) groups is 2. The lowest BCUT2D eigenvalue weighted by Crippen LogP contribution is -2.48. The molecule has 6 nitrogen and oxygen atoms in total. The van der Waals surface area contributed by atoms with E-state index >= 15 is 0 Å². The van der Waals surface area contributed by atoms with Gasteiger partial charge >= 0.3 is 12.1 Å². The molecule has 1 unspecified atom stereocenters. The Labute approximate surface area is 124 Å². The lowest BCUT2D eigenvalue weighted by atomic mass is 10.2. The number of carbonyl (C=O) groups excluding carboxylic acids is 2. The zero-order valence-electron chi connectivity index (χ0n) is 12.3. The molecule has 1 heterocycles. The van der Waals surface area contributed by atoms with E-state index in [2.05, 4.69) is 0 Å². The molecule has 0 bridgehead atoms. The first-order valence-electron chi connectivity index (χ1n) is 7.00. The van der Waals surface area contributed by atoms with Crippen molar-refractivity contribution in [2.75, 3.05) is 20.3 Å². The smallest absolute Gasteiger partial charge is 0.425 e. The summed E-state index contributed by atoms with van der Waals surface area (Å²) >= 11 is 0. The summed E-state index contributed by atoms with van der Waals surface area (Å²) in [4.78, 5) is 24.0. The van der Waals surface area contributed by atoms with Gasteiger partial charge in [-0.15, -0.1) is 0 Å². The first-order chi connectivity index (χ1) is 10.2. The Bertz CT molecular complexity index is 492. The summed E-state index contributed by atoms with van der Waals surface area (Å²) in [6, 6.07) is 9.17. The largest absolute Gasteiger partial charge is 0.467 e. The maximum absolute atomic E-state index is 12.1. The SMILES string of the molecule is CCOC(=O)N1C(C(=O)OC)CCN1Cc1ccccc1. The van der Waals surface area contributed by atoms with Gasteiger partial charge in [-0.3, -0.25) is 0 Å². The molecular weight excluding hydrogens is 272 g/mol. The summed E-state index contributed by atoms with van der Waals surface area (Å²) in [5.74, 6) is -0.418. The fraction of sp³-hybridized carbons (Fsp3) is 0.467. The maximum atomic E-state index is 12.1. The molecule has 1 fully saturated rings. The van der Waals surface area contributed by atoms with Gasteiger partial charge in [0.25, 0.3) is 0 Å². The number of amides is 1. The predicted octanol–water partition coefficient (Wildman–Crippen LogP) is 1.81. The number of benzene rings is 1. The van der Waals surface area contributed by atoms with Crippen molar-refractivity contribution in [3.05, 3.63) is 35.9 Å². The molecular formula is C15H20N2O4. The summed E-state index contributed by atoms with van der Waals surface area (Å²) in [6.07, 6.45) is 0.0273. The topological polar surface area (TPSA) is 59.1 Å². The van der Waals surface area contributed by atoms with Gasteiger partial charge in [0.15, 0.2) is 6.04 Å². The average molecular weight is 292 g/mol. The van der Waals surface area contributed by atoms with Crippen LogP contribution in [0.3, 0.4) is 0 Å². The standard InChI is InChI=1S/C15H20N2O4/c1-3-21-15(19)17-13(14(18)20-2)9-10-16(17)11-12-7-5-4-6-8-12/h4-8,13H,3,9-11H2,1-2H3. The fourth-order valence-electron chi connectivity index (χ4n) is 2.43. The Morgan fingerprint density at radius 3 is 2.62 bits per heavy atom. The monoisotopic (exact) mass is 292 g/mol. The Morgan fingerprint density at radius 1 is 1.29 bits per heavy atom. The second kappa shape index (κ2) is 7.08.